The molecule has 0 saturated heterocycles. The summed E-state index contributed by atoms with van der Waals surface area (Å²) in [6, 6.07) is 3.05. The van der Waals surface area contributed by atoms with Crippen molar-refractivity contribution in [1.29, 1.82) is 0 Å². The number of hydrogen-bond donors (Lipinski definition) is 1. The Bertz CT molecular complexity index is 341. The predicted octanol–water partition coefficient (Wildman–Crippen LogP) is 2.70. The first kappa shape index (κ1) is 12.1. The molecule has 0 aliphatic heterocycles. The Morgan fingerprint density at radius 1 is 1.27 bits per heavy atom. The molecule has 0 aliphatic rings. The molecule has 0 amide bonds. The number of alkyl halides is 3. The van der Waals surface area contributed by atoms with Gasteiger partial charge in [0, 0.05) is 11.6 Å². The van der Waals surface area contributed by atoms with Crippen LogP contribution in [-0.4, -0.2) is 13.2 Å². The smallest absolute Gasteiger partial charge is 0.416 e. The molecule has 2 nitrogen and oxygen atoms in total. The molecule has 1 aromatic carbocycles. The molecule has 0 saturated carbocycles. The Kier molecular flexibility index (Phi) is 3.82. The fraction of sp³-hybridized carbons (Fsp3) is 0.333. The van der Waals surface area contributed by atoms with E-state index in [4.69, 9.17) is 22.1 Å². The third kappa shape index (κ3) is 3.60. The van der Waals surface area contributed by atoms with Gasteiger partial charge in [0.1, 0.15) is 12.4 Å². The summed E-state index contributed by atoms with van der Waals surface area (Å²) in [5, 5.41) is -0.0168. The van der Waals surface area contributed by atoms with Gasteiger partial charge in [0.05, 0.1) is 5.56 Å². The minimum absolute atomic E-state index is 0.0168. The summed E-state index contributed by atoms with van der Waals surface area (Å²) in [5.41, 5.74) is 4.33. The van der Waals surface area contributed by atoms with Gasteiger partial charge in [-0.1, -0.05) is 11.6 Å². The van der Waals surface area contributed by atoms with Crippen LogP contribution in [-0.2, 0) is 6.18 Å². The SMILES string of the molecule is NCCOc1cc(Cl)cc(C(F)(F)F)c1. The first-order valence-electron chi connectivity index (χ1n) is 4.14. The Hall–Kier alpha value is -0.940. The number of hydrogen-bond acceptors (Lipinski definition) is 2. The van der Waals surface area contributed by atoms with E-state index in [1.807, 2.05) is 0 Å². The van der Waals surface area contributed by atoms with Crippen molar-refractivity contribution < 1.29 is 17.9 Å². The lowest BCUT2D eigenvalue weighted by molar-refractivity contribution is -0.137. The highest BCUT2D eigenvalue weighted by molar-refractivity contribution is 6.30. The van der Waals surface area contributed by atoms with Crippen LogP contribution in [0.1, 0.15) is 5.56 Å². The molecule has 0 fully saturated rings. The van der Waals surface area contributed by atoms with Gasteiger partial charge in [0.25, 0.3) is 0 Å². The summed E-state index contributed by atoms with van der Waals surface area (Å²) in [4.78, 5) is 0. The van der Waals surface area contributed by atoms with E-state index in [1.165, 1.54) is 6.07 Å². The fourth-order valence-electron chi connectivity index (χ4n) is 0.986. The minimum Gasteiger partial charge on any atom is -0.492 e. The Labute approximate surface area is 89.8 Å². The maximum absolute atomic E-state index is 12.3. The van der Waals surface area contributed by atoms with Crippen LogP contribution in [0.2, 0.25) is 5.02 Å². The fourth-order valence-corrected chi connectivity index (χ4v) is 1.21. The van der Waals surface area contributed by atoms with Crippen molar-refractivity contribution in [3.63, 3.8) is 0 Å². The topological polar surface area (TPSA) is 35.2 Å². The lowest BCUT2D eigenvalue weighted by Gasteiger charge is -2.10. The van der Waals surface area contributed by atoms with Crippen molar-refractivity contribution in [1.82, 2.24) is 0 Å². The van der Waals surface area contributed by atoms with Gasteiger partial charge in [-0.2, -0.15) is 13.2 Å². The maximum Gasteiger partial charge on any atom is 0.416 e. The highest BCUT2D eigenvalue weighted by atomic mass is 35.5. The van der Waals surface area contributed by atoms with E-state index in [0.29, 0.717) is 0 Å². The molecule has 84 valence electrons. The molecular weight excluding hydrogens is 231 g/mol. The standard InChI is InChI=1S/C9H9ClF3NO/c10-7-3-6(9(11,12)13)4-8(5-7)15-2-1-14/h3-5H,1-2,14H2. The van der Waals surface area contributed by atoms with Gasteiger partial charge in [0.2, 0.25) is 0 Å². The summed E-state index contributed by atoms with van der Waals surface area (Å²) in [6.45, 7) is 0.380. The molecule has 1 rings (SSSR count). The number of benzene rings is 1. The first-order valence-corrected chi connectivity index (χ1v) is 4.52. The first-order chi connectivity index (χ1) is 6.93. The van der Waals surface area contributed by atoms with Gasteiger partial charge in [-0.3, -0.25) is 0 Å². The number of ether oxygens (including phenoxy) is 1. The van der Waals surface area contributed by atoms with E-state index in [9.17, 15) is 13.2 Å². The summed E-state index contributed by atoms with van der Waals surface area (Å²) in [5.74, 6) is 0.0697. The summed E-state index contributed by atoms with van der Waals surface area (Å²) in [7, 11) is 0. The van der Waals surface area contributed by atoms with E-state index in [1.54, 1.807) is 0 Å². The van der Waals surface area contributed by atoms with Crippen LogP contribution in [0.5, 0.6) is 5.75 Å². The van der Waals surface area contributed by atoms with Gasteiger partial charge in [-0.25, -0.2) is 0 Å². The van der Waals surface area contributed by atoms with Crippen LogP contribution in [0, 0.1) is 0 Å². The van der Waals surface area contributed by atoms with Crippen molar-refractivity contribution in [2.45, 2.75) is 6.18 Å². The van der Waals surface area contributed by atoms with Crippen LogP contribution < -0.4 is 10.5 Å². The Morgan fingerprint density at radius 3 is 2.47 bits per heavy atom. The maximum atomic E-state index is 12.3. The van der Waals surface area contributed by atoms with E-state index in [0.717, 1.165) is 12.1 Å². The lowest BCUT2D eigenvalue weighted by Crippen LogP contribution is -2.11. The highest BCUT2D eigenvalue weighted by Crippen LogP contribution is 2.33. The molecular formula is C9H9ClF3NO. The zero-order valence-electron chi connectivity index (χ0n) is 7.64. The molecule has 1 aromatic rings. The predicted molar refractivity (Wildman–Crippen MR) is 51.0 cm³/mol. The quantitative estimate of drug-likeness (QED) is 0.880. The van der Waals surface area contributed by atoms with Crippen molar-refractivity contribution in [2.75, 3.05) is 13.2 Å². The average molecular weight is 240 g/mol. The minimum atomic E-state index is -4.42. The molecule has 0 bridgehead atoms. The molecule has 0 atom stereocenters. The molecule has 6 heteroatoms. The van der Waals surface area contributed by atoms with Crippen LogP contribution in [0.4, 0.5) is 13.2 Å². The highest BCUT2D eigenvalue weighted by Gasteiger charge is 2.31. The second-order valence-electron chi connectivity index (χ2n) is 2.81. The van der Waals surface area contributed by atoms with E-state index in [-0.39, 0.29) is 23.9 Å². The normalized spacial score (nSPS) is 11.5. The van der Waals surface area contributed by atoms with Crippen LogP contribution in [0.25, 0.3) is 0 Å². The molecule has 15 heavy (non-hydrogen) atoms. The molecule has 0 unspecified atom stereocenters. The van der Waals surface area contributed by atoms with Gasteiger partial charge in [-0.05, 0) is 18.2 Å². The molecule has 0 radical (unpaired) electrons. The number of rotatable bonds is 3. The van der Waals surface area contributed by atoms with Crippen molar-refractivity contribution >= 4 is 11.6 Å². The van der Waals surface area contributed by atoms with Crippen molar-refractivity contribution in [3.05, 3.63) is 28.8 Å². The van der Waals surface area contributed by atoms with Crippen molar-refractivity contribution in [2.24, 2.45) is 5.73 Å². The molecule has 0 spiro atoms. The third-order valence-corrected chi connectivity index (χ3v) is 1.80. The van der Waals surface area contributed by atoms with Crippen LogP contribution in [0.3, 0.4) is 0 Å². The molecule has 0 heterocycles. The molecule has 0 aliphatic carbocycles. The average Bonchev–Trinajstić information content (AvgIpc) is 2.12. The number of nitrogens with two attached hydrogens (primary N) is 1. The summed E-state index contributed by atoms with van der Waals surface area (Å²) < 4.78 is 42.0. The third-order valence-electron chi connectivity index (χ3n) is 1.59. The number of halogens is 4. The molecule has 2 N–H and O–H groups in total. The molecule has 0 aromatic heterocycles. The zero-order valence-corrected chi connectivity index (χ0v) is 8.40. The van der Waals surface area contributed by atoms with E-state index < -0.39 is 11.7 Å². The van der Waals surface area contributed by atoms with Crippen LogP contribution >= 0.6 is 11.6 Å². The van der Waals surface area contributed by atoms with Gasteiger partial charge in [-0.15, -0.1) is 0 Å². The summed E-state index contributed by atoms with van der Waals surface area (Å²) in [6.07, 6.45) is -4.42. The zero-order chi connectivity index (χ0) is 11.5. The second kappa shape index (κ2) is 4.72. The Balaban J connectivity index is 2.95. The monoisotopic (exact) mass is 239 g/mol. The van der Waals surface area contributed by atoms with Gasteiger partial charge >= 0.3 is 6.18 Å². The van der Waals surface area contributed by atoms with E-state index in [2.05, 4.69) is 0 Å². The van der Waals surface area contributed by atoms with Crippen LogP contribution in [0.15, 0.2) is 18.2 Å². The van der Waals surface area contributed by atoms with Gasteiger partial charge < -0.3 is 10.5 Å². The Morgan fingerprint density at radius 2 is 1.93 bits per heavy atom. The van der Waals surface area contributed by atoms with Crippen molar-refractivity contribution in [3.8, 4) is 5.75 Å². The van der Waals surface area contributed by atoms with Gasteiger partial charge in [0.15, 0.2) is 0 Å². The largest absolute Gasteiger partial charge is 0.492 e. The second-order valence-corrected chi connectivity index (χ2v) is 3.25. The summed E-state index contributed by atoms with van der Waals surface area (Å²) >= 11 is 5.52. The van der Waals surface area contributed by atoms with E-state index >= 15 is 0 Å². The lowest BCUT2D eigenvalue weighted by atomic mass is 10.2.